The van der Waals surface area contributed by atoms with Gasteiger partial charge in [-0.05, 0) is 18.2 Å². The van der Waals surface area contributed by atoms with Crippen LogP contribution in [0.2, 0.25) is 0 Å². The summed E-state index contributed by atoms with van der Waals surface area (Å²) >= 11 is 0. The van der Waals surface area contributed by atoms with E-state index in [1.165, 1.54) is 0 Å². The number of ketones is 1. The quantitative estimate of drug-likeness (QED) is 0.493. The van der Waals surface area contributed by atoms with Crippen LogP contribution in [0.1, 0.15) is 16.1 Å². The molecule has 0 bridgehead atoms. The van der Waals surface area contributed by atoms with Crippen molar-refractivity contribution in [3.8, 4) is 6.07 Å². The number of Topliss-reactive ketones (excluding diaryl/α,β-unsaturated/α-hetero) is 1. The highest BCUT2D eigenvalue weighted by Gasteiger charge is 2.11. The Morgan fingerprint density at radius 2 is 1.94 bits per heavy atom. The van der Waals surface area contributed by atoms with Crippen LogP contribution in [0.25, 0.3) is 6.08 Å². The normalized spacial score (nSPS) is 10.9. The molecule has 0 amide bonds. The van der Waals surface area contributed by atoms with Crippen LogP contribution in [0.4, 0.5) is 0 Å². The molecule has 0 aliphatic heterocycles. The highest BCUT2D eigenvalue weighted by molar-refractivity contribution is 6.13. The number of benzene rings is 1. The lowest BCUT2D eigenvalue weighted by atomic mass is 10.0. The number of hydrogen-bond donors (Lipinski definition) is 1. The van der Waals surface area contributed by atoms with Gasteiger partial charge >= 0.3 is 0 Å². The van der Waals surface area contributed by atoms with Gasteiger partial charge in [0.15, 0.2) is 0 Å². The second-order valence-corrected chi connectivity index (χ2v) is 3.49. The Morgan fingerprint density at radius 1 is 1.18 bits per heavy atom. The molecule has 0 aliphatic rings. The first-order chi connectivity index (χ1) is 8.31. The predicted octanol–water partition coefficient (Wildman–Crippen LogP) is 2.80. The van der Waals surface area contributed by atoms with Crippen LogP contribution in [0, 0.1) is 11.3 Å². The fourth-order valence-corrected chi connectivity index (χ4v) is 1.48. The number of hydrogen-bond acceptors (Lipinski definition) is 2. The van der Waals surface area contributed by atoms with E-state index in [1.54, 1.807) is 42.6 Å². The van der Waals surface area contributed by atoms with Crippen LogP contribution < -0.4 is 0 Å². The summed E-state index contributed by atoms with van der Waals surface area (Å²) in [5.74, 6) is -0.261. The molecular weight excluding hydrogens is 212 g/mol. The molecule has 0 unspecified atom stereocenters. The van der Waals surface area contributed by atoms with Crippen LogP contribution >= 0.6 is 0 Å². The summed E-state index contributed by atoms with van der Waals surface area (Å²) in [6, 6.07) is 14.3. The van der Waals surface area contributed by atoms with Gasteiger partial charge in [-0.2, -0.15) is 5.26 Å². The van der Waals surface area contributed by atoms with Crippen molar-refractivity contribution in [3.05, 3.63) is 65.5 Å². The van der Waals surface area contributed by atoms with Crippen molar-refractivity contribution in [1.82, 2.24) is 4.98 Å². The predicted molar refractivity (Wildman–Crippen MR) is 65.2 cm³/mol. The van der Waals surface area contributed by atoms with Gasteiger partial charge in [0.25, 0.3) is 0 Å². The molecule has 1 aromatic carbocycles. The Balaban J connectivity index is 2.33. The van der Waals surface area contributed by atoms with Crippen molar-refractivity contribution in [2.75, 3.05) is 0 Å². The van der Waals surface area contributed by atoms with E-state index in [1.807, 2.05) is 18.2 Å². The summed E-state index contributed by atoms with van der Waals surface area (Å²) in [6.07, 6.45) is 3.29. The lowest BCUT2D eigenvalue weighted by Crippen LogP contribution is -2.01. The Morgan fingerprint density at radius 3 is 2.53 bits per heavy atom. The Hall–Kier alpha value is -2.60. The number of allylic oxidation sites excluding steroid dienone is 1. The molecule has 0 saturated carbocycles. The highest BCUT2D eigenvalue weighted by Crippen LogP contribution is 2.11. The summed E-state index contributed by atoms with van der Waals surface area (Å²) in [4.78, 5) is 14.9. The van der Waals surface area contributed by atoms with Gasteiger partial charge in [-0.1, -0.05) is 30.3 Å². The van der Waals surface area contributed by atoms with E-state index in [0.29, 0.717) is 5.56 Å². The number of carbonyl (C=O) groups excluding carboxylic acids is 1. The van der Waals surface area contributed by atoms with Gasteiger partial charge in [0.1, 0.15) is 11.6 Å². The van der Waals surface area contributed by atoms with Crippen molar-refractivity contribution in [1.29, 1.82) is 5.26 Å². The van der Waals surface area contributed by atoms with E-state index in [0.717, 1.165) is 5.69 Å². The molecule has 0 fully saturated rings. The van der Waals surface area contributed by atoms with E-state index < -0.39 is 0 Å². The maximum absolute atomic E-state index is 12.0. The number of aromatic amines is 1. The zero-order valence-electron chi connectivity index (χ0n) is 9.05. The van der Waals surface area contributed by atoms with Gasteiger partial charge in [-0.15, -0.1) is 0 Å². The third kappa shape index (κ3) is 2.50. The van der Waals surface area contributed by atoms with E-state index in [-0.39, 0.29) is 11.4 Å². The number of nitriles is 1. The third-order valence-corrected chi connectivity index (χ3v) is 2.32. The first kappa shape index (κ1) is 10.9. The lowest BCUT2D eigenvalue weighted by molar-refractivity contribution is 0.104. The largest absolute Gasteiger partial charge is 0.362 e. The lowest BCUT2D eigenvalue weighted by Gasteiger charge is -1.98. The molecule has 3 heteroatoms. The second kappa shape index (κ2) is 4.95. The SMILES string of the molecule is N#C/C(=C\c1ccc[nH]1)C(=O)c1ccccc1. The topological polar surface area (TPSA) is 56.6 Å². The van der Waals surface area contributed by atoms with Crippen molar-refractivity contribution in [3.63, 3.8) is 0 Å². The molecular formula is C14H10N2O. The van der Waals surface area contributed by atoms with Crippen molar-refractivity contribution in [2.45, 2.75) is 0 Å². The number of carbonyl (C=O) groups is 1. The van der Waals surface area contributed by atoms with Gasteiger partial charge in [0.2, 0.25) is 5.78 Å². The molecule has 0 saturated heterocycles. The molecule has 17 heavy (non-hydrogen) atoms. The van der Waals surface area contributed by atoms with Crippen LogP contribution in [0.3, 0.4) is 0 Å². The summed E-state index contributed by atoms with van der Waals surface area (Å²) in [6.45, 7) is 0. The monoisotopic (exact) mass is 222 g/mol. The smallest absolute Gasteiger partial charge is 0.203 e. The summed E-state index contributed by atoms with van der Waals surface area (Å²) < 4.78 is 0. The zero-order chi connectivity index (χ0) is 12.1. The van der Waals surface area contributed by atoms with Crippen molar-refractivity contribution >= 4 is 11.9 Å². The van der Waals surface area contributed by atoms with Crippen LogP contribution in [0.15, 0.2) is 54.2 Å². The number of nitrogens with one attached hydrogen (secondary N) is 1. The summed E-state index contributed by atoms with van der Waals surface area (Å²) in [5.41, 5.74) is 1.39. The van der Waals surface area contributed by atoms with Crippen molar-refractivity contribution in [2.24, 2.45) is 0 Å². The zero-order valence-corrected chi connectivity index (χ0v) is 9.05. The Labute approximate surface area is 99.0 Å². The van der Waals surface area contributed by atoms with E-state index >= 15 is 0 Å². The first-order valence-corrected chi connectivity index (χ1v) is 5.16. The molecule has 3 nitrogen and oxygen atoms in total. The molecule has 1 aromatic heterocycles. The number of rotatable bonds is 3. The highest BCUT2D eigenvalue weighted by atomic mass is 16.1. The van der Waals surface area contributed by atoms with Gasteiger partial charge in [0.05, 0.1) is 0 Å². The minimum absolute atomic E-state index is 0.124. The van der Waals surface area contributed by atoms with E-state index in [9.17, 15) is 4.79 Å². The second-order valence-electron chi connectivity index (χ2n) is 3.49. The molecule has 0 radical (unpaired) electrons. The van der Waals surface area contributed by atoms with Crippen LogP contribution in [-0.2, 0) is 0 Å². The standard InChI is InChI=1S/C14H10N2O/c15-10-12(9-13-7-4-8-16-13)14(17)11-5-2-1-3-6-11/h1-9,16H/b12-9+. The molecule has 0 aliphatic carbocycles. The molecule has 1 N–H and O–H groups in total. The maximum Gasteiger partial charge on any atom is 0.203 e. The molecule has 82 valence electrons. The minimum Gasteiger partial charge on any atom is -0.362 e. The van der Waals surface area contributed by atoms with Gasteiger partial charge in [-0.3, -0.25) is 4.79 Å². The molecule has 1 heterocycles. The van der Waals surface area contributed by atoms with Crippen LogP contribution in [-0.4, -0.2) is 10.8 Å². The van der Waals surface area contributed by atoms with Crippen LogP contribution in [0.5, 0.6) is 0 Å². The van der Waals surface area contributed by atoms with Gasteiger partial charge in [0, 0.05) is 17.5 Å². The molecule has 0 atom stereocenters. The number of nitrogens with zero attached hydrogens (tertiary/aromatic N) is 1. The minimum atomic E-state index is -0.261. The summed E-state index contributed by atoms with van der Waals surface area (Å²) in [7, 11) is 0. The maximum atomic E-state index is 12.0. The summed E-state index contributed by atoms with van der Waals surface area (Å²) in [5, 5.41) is 9.00. The van der Waals surface area contributed by atoms with Crippen molar-refractivity contribution < 1.29 is 4.79 Å². The van der Waals surface area contributed by atoms with E-state index in [2.05, 4.69) is 4.98 Å². The number of H-pyrrole nitrogens is 1. The molecule has 2 aromatic rings. The fraction of sp³-hybridized carbons (Fsp3) is 0. The number of aromatic nitrogens is 1. The Kier molecular flexibility index (Phi) is 3.18. The first-order valence-electron chi connectivity index (χ1n) is 5.16. The average Bonchev–Trinajstić information content (AvgIpc) is 2.89. The fourth-order valence-electron chi connectivity index (χ4n) is 1.48. The van der Waals surface area contributed by atoms with Gasteiger partial charge in [-0.25, -0.2) is 0 Å². The third-order valence-electron chi connectivity index (χ3n) is 2.32. The Bertz CT molecular complexity index is 574. The van der Waals surface area contributed by atoms with E-state index in [4.69, 9.17) is 5.26 Å². The molecule has 2 rings (SSSR count). The van der Waals surface area contributed by atoms with Gasteiger partial charge < -0.3 is 4.98 Å². The molecule has 0 spiro atoms. The average molecular weight is 222 g/mol.